The highest BCUT2D eigenvalue weighted by Gasteiger charge is 2.10. The number of nitrogens with zero attached hydrogens (tertiary/aromatic N) is 3. The fourth-order valence-corrected chi connectivity index (χ4v) is 2.49. The first-order valence-electron chi connectivity index (χ1n) is 6.85. The van der Waals surface area contributed by atoms with Crippen molar-refractivity contribution in [2.75, 3.05) is 0 Å². The van der Waals surface area contributed by atoms with Crippen LogP contribution in [0.4, 0.5) is 0 Å². The number of aromatic nitrogens is 3. The monoisotopic (exact) mass is 267 g/mol. The summed E-state index contributed by atoms with van der Waals surface area (Å²) >= 11 is 0. The maximum absolute atomic E-state index is 9.51. The van der Waals surface area contributed by atoms with Crippen molar-refractivity contribution in [2.24, 2.45) is 0 Å². The van der Waals surface area contributed by atoms with Gasteiger partial charge in [0.05, 0.1) is 17.2 Å². The van der Waals surface area contributed by atoms with Gasteiger partial charge in [-0.2, -0.15) is 0 Å². The van der Waals surface area contributed by atoms with Crippen LogP contribution in [0, 0.1) is 0 Å². The molecule has 0 bridgehead atoms. The topological polar surface area (TPSA) is 50.9 Å². The van der Waals surface area contributed by atoms with Crippen molar-refractivity contribution < 1.29 is 5.11 Å². The molecule has 2 aromatic heterocycles. The highest BCUT2D eigenvalue weighted by Crippen LogP contribution is 2.20. The lowest BCUT2D eigenvalue weighted by Gasteiger charge is -2.07. The zero-order chi connectivity index (χ0) is 13.9. The van der Waals surface area contributed by atoms with E-state index in [2.05, 4.69) is 22.5 Å². The lowest BCUT2D eigenvalue weighted by Crippen LogP contribution is -2.04. The van der Waals surface area contributed by atoms with Gasteiger partial charge in [0.1, 0.15) is 11.6 Å². The number of aromatic hydroxyl groups is 1. The number of para-hydroxylation sites is 2. The van der Waals surface area contributed by atoms with Crippen molar-refractivity contribution in [2.45, 2.75) is 26.3 Å². The van der Waals surface area contributed by atoms with Gasteiger partial charge < -0.3 is 9.67 Å². The highest BCUT2D eigenvalue weighted by molar-refractivity contribution is 5.76. The number of aryl methyl sites for hydroxylation is 1. The number of pyridine rings is 1. The molecule has 0 aliphatic carbocycles. The van der Waals surface area contributed by atoms with Crippen LogP contribution in [-0.4, -0.2) is 19.6 Å². The van der Waals surface area contributed by atoms with Crippen LogP contribution >= 0.6 is 0 Å². The summed E-state index contributed by atoms with van der Waals surface area (Å²) in [5.74, 6) is 1.21. The van der Waals surface area contributed by atoms with E-state index in [0.717, 1.165) is 35.4 Å². The van der Waals surface area contributed by atoms with Crippen LogP contribution in [0.1, 0.15) is 24.7 Å². The predicted molar refractivity (Wildman–Crippen MR) is 78.7 cm³/mol. The molecule has 2 heterocycles. The smallest absolute Gasteiger partial charge is 0.134 e. The second-order valence-electron chi connectivity index (χ2n) is 4.90. The Hall–Kier alpha value is -2.36. The Morgan fingerprint density at radius 2 is 2.05 bits per heavy atom. The molecule has 0 saturated heterocycles. The minimum Gasteiger partial charge on any atom is -0.506 e. The zero-order valence-corrected chi connectivity index (χ0v) is 11.5. The molecule has 0 atom stereocenters. The molecule has 0 aliphatic heterocycles. The van der Waals surface area contributed by atoms with Crippen molar-refractivity contribution in [1.29, 1.82) is 0 Å². The molecule has 3 rings (SSSR count). The number of imidazole rings is 1. The van der Waals surface area contributed by atoms with Crippen molar-refractivity contribution in [3.63, 3.8) is 0 Å². The molecule has 0 amide bonds. The quantitative estimate of drug-likeness (QED) is 0.790. The molecule has 0 fully saturated rings. The second kappa shape index (κ2) is 5.33. The Bertz CT molecular complexity index is 733. The number of benzene rings is 1. The van der Waals surface area contributed by atoms with Gasteiger partial charge in [-0.1, -0.05) is 19.1 Å². The summed E-state index contributed by atoms with van der Waals surface area (Å²) < 4.78 is 2.25. The summed E-state index contributed by atoms with van der Waals surface area (Å²) in [6.45, 7) is 3.11. The molecule has 0 radical (unpaired) electrons. The minimum absolute atomic E-state index is 0.195. The van der Waals surface area contributed by atoms with Gasteiger partial charge in [-0.15, -0.1) is 0 Å². The van der Waals surface area contributed by atoms with E-state index in [0.29, 0.717) is 6.42 Å². The van der Waals surface area contributed by atoms with Gasteiger partial charge in [-0.05, 0) is 30.2 Å². The van der Waals surface area contributed by atoms with Crippen molar-refractivity contribution >= 4 is 11.0 Å². The molecule has 0 aliphatic rings. The van der Waals surface area contributed by atoms with E-state index in [1.807, 2.05) is 18.2 Å². The van der Waals surface area contributed by atoms with Gasteiger partial charge in [-0.25, -0.2) is 4.98 Å². The van der Waals surface area contributed by atoms with Gasteiger partial charge >= 0.3 is 0 Å². The minimum atomic E-state index is 0.195. The molecule has 20 heavy (non-hydrogen) atoms. The van der Waals surface area contributed by atoms with Gasteiger partial charge in [0.15, 0.2) is 0 Å². The largest absolute Gasteiger partial charge is 0.506 e. The standard InChI is InChI=1S/C16H17N3O/c1-2-7-19-15-6-4-3-5-14(15)18-16(19)9-12-8-13(20)11-17-10-12/h3-6,8,10-11,20H,2,7,9H2,1H3. The van der Waals surface area contributed by atoms with Crippen LogP contribution in [0.15, 0.2) is 42.7 Å². The van der Waals surface area contributed by atoms with E-state index < -0.39 is 0 Å². The summed E-state index contributed by atoms with van der Waals surface area (Å²) in [6, 6.07) is 9.91. The van der Waals surface area contributed by atoms with E-state index in [4.69, 9.17) is 4.98 Å². The Morgan fingerprint density at radius 1 is 1.20 bits per heavy atom. The molecule has 102 valence electrons. The third-order valence-electron chi connectivity index (χ3n) is 3.32. The van der Waals surface area contributed by atoms with Crippen molar-refractivity contribution in [3.05, 3.63) is 54.1 Å². The van der Waals surface area contributed by atoms with Gasteiger partial charge in [0, 0.05) is 19.2 Å². The molecule has 4 nitrogen and oxygen atoms in total. The summed E-state index contributed by atoms with van der Waals surface area (Å²) in [6.07, 6.45) is 4.95. The van der Waals surface area contributed by atoms with E-state index in [9.17, 15) is 5.11 Å². The maximum Gasteiger partial charge on any atom is 0.134 e. The lowest BCUT2D eigenvalue weighted by atomic mass is 10.2. The van der Waals surface area contributed by atoms with Crippen LogP contribution in [0.5, 0.6) is 5.75 Å². The number of hydrogen-bond acceptors (Lipinski definition) is 3. The molecule has 1 aromatic carbocycles. The molecule has 0 spiro atoms. The van der Waals surface area contributed by atoms with Crippen molar-refractivity contribution in [1.82, 2.24) is 14.5 Å². The van der Waals surface area contributed by atoms with Gasteiger partial charge in [-0.3, -0.25) is 4.98 Å². The third kappa shape index (κ3) is 2.37. The van der Waals surface area contributed by atoms with Crippen LogP contribution in [0.2, 0.25) is 0 Å². The number of fused-ring (bicyclic) bond motifs is 1. The van der Waals surface area contributed by atoms with Crippen LogP contribution < -0.4 is 0 Å². The Balaban J connectivity index is 2.04. The summed E-state index contributed by atoms with van der Waals surface area (Å²) in [5.41, 5.74) is 3.15. The normalized spacial score (nSPS) is 11.1. The number of rotatable bonds is 4. The first-order valence-corrected chi connectivity index (χ1v) is 6.85. The van der Waals surface area contributed by atoms with E-state index in [-0.39, 0.29) is 5.75 Å². The van der Waals surface area contributed by atoms with Crippen LogP contribution in [0.25, 0.3) is 11.0 Å². The van der Waals surface area contributed by atoms with E-state index >= 15 is 0 Å². The lowest BCUT2D eigenvalue weighted by molar-refractivity contribution is 0.472. The Morgan fingerprint density at radius 3 is 2.85 bits per heavy atom. The Labute approximate surface area is 117 Å². The average molecular weight is 267 g/mol. The van der Waals surface area contributed by atoms with Crippen LogP contribution in [0.3, 0.4) is 0 Å². The second-order valence-corrected chi connectivity index (χ2v) is 4.90. The summed E-state index contributed by atoms with van der Waals surface area (Å²) in [5, 5.41) is 9.51. The Kier molecular flexibility index (Phi) is 3.37. The van der Waals surface area contributed by atoms with Gasteiger partial charge in [0.25, 0.3) is 0 Å². The molecular formula is C16H17N3O. The molecule has 4 heteroatoms. The van der Waals surface area contributed by atoms with Crippen LogP contribution in [-0.2, 0) is 13.0 Å². The predicted octanol–water partition coefficient (Wildman–Crippen LogP) is 3.14. The van der Waals surface area contributed by atoms with Crippen molar-refractivity contribution in [3.8, 4) is 5.75 Å². The average Bonchev–Trinajstić information content (AvgIpc) is 2.77. The molecular weight excluding hydrogens is 250 g/mol. The SMILES string of the molecule is CCCn1c(Cc2cncc(O)c2)nc2ccccc21. The third-order valence-corrected chi connectivity index (χ3v) is 3.32. The molecule has 3 aromatic rings. The number of hydrogen-bond donors (Lipinski definition) is 1. The first kappa shape index (κ1) is 12.7. The molecule has 1 N–H and O–H groups in total. The fourth-order valence-electron chi connectivity index (χ4n) is 2.49. The van der Waals surface area contributed by atoms with E-state index in [1.165, 1.54) is 6.20 Å². The highest BCUT2D eigenvalue weighted by atomic mass is 16.3. The molecule has 0 saturated carbocycles. The summed E-state index contributed by atoms with van der Waals surface area (Å²) in [4.78, 5) is 8.73. The van der Waals surface area contributed by atoms with E-state index in [1.54, 1.807) is 12.3 Å². The first-order chi connectivity index (χ1) is 9.78. The zero-order valence-electron chi connectivity index (χ0n) is 11.5. The fraction of sp³-hybridized carbons (Fsp3) is 0.250. The van der Waals surface area contributed by atoms with Gasteiger partial charge in [0.2, 0.25) is 0 Å². The maximum atomic E-state index is 9.51. The molecule has 0 unspecified atom stereocenters. The summed E-state index contributed by atoms with van der Waals surface area (Å²) in [7, 11) is 0.